The van der Waals surface area contributed by atoms with Crippen molar-refractivity contribution in [1.82, 2.24) is 0 Å². The topological polar surface area (TPSA) is 44.5 Å². The molecule has 0 aliphatic carbocycles. The molecule has 0 unspecified atom stereocenters. The number of rotatable bonds is 6. The normalized spacial score (nSPS) is 10.3. The van der Waals surface area contributed by atoms with Gasteiger partial charge in [-0.05, 0) is 36.9 Å². The molecule has 0 atom stereocenters. The van der Waals surface area contributed by atoms with Gasteiger partial charge in [0.15, 0.2) is 0 Å². The molecule has 0 aromatic heterocycles. The van der Waals surface area contributed by atoms with E-state index < -0.39 is 0 Å². The molecule has 0 spiro atoms. The van der Waals surface area contributed by atoms with Gasteiger partial charge in [-0.15, -0.1) is 11.8 Å². The van der Waals surface area contributed by atoms with Crippen LogP contribution in [0.4, 0.5) is 5.69 Å². The van der Waals surface area contributed by atoms with Crippen LogP contribution in [0.25, 0.3) is 0 Å². The highest BCUT2D eigenvalue weighted by atomic mass is 32.2. The zero-order valence-electron chi connectivity index (χ0n) is 11.8. The van der Waals surface area contributed by atoms with Crippen LogP contribution in [0.1, 0.15) is 13.3 Å². The summed E-state index contributed by atoms with van der Waals surface area (Å²) >= 11 is 1.70. The van der Waals surface area contributed by atoms with Crippen LogP contribution in [-0.2, 0) is 0 Å². The van der Waals surface area contributed by atoms with E-state index in [0.29, 0.717) is 18.0 Å². The molecule has 0 aliphatic rings. The number of ether oxygens (including phenoxy) is 2. The Morgan fingerprint density at radius 3 is 2.35 bits per heavy atom. The summed E-state index contributed by atoms with van der Waals surface area (Å²) < 4.78 is 11.4. The van der Waals surface area contributed by atoms with Crippen LogP contribution in [0.3, 0.4) is 0 Å². The number of nitrogens with two attached hydrogens (primary N) is 1. The first-order chi connectivity index (χ1) is 9.71. The van der Waals surface area contributed by atoms with Gasteiger partial charge < -0.3 is 15.2 Å². The van der Waals surface area contributed by atoms with E-state index in [2.05, 4.69) is 6.92 Å². The van der Waals surface area contributed by atoms with Gasteiger partial charge in [0.25, 0.3) is 0 Å². The van der Waals surface area contributed by atoms with Gasteiger partial charge in [0, 0.05) is 28.8 Å². The molecule has 0 bridgehead atoms. The van der Waals surface area contributed by atoms with Crippen molar-refractivity contribution >= 4 is 17.4 Å². The molecule has 20 heavy (non-hydrogen) atoms. The van der Waals surface area contributed by atoms with E-state index in [1.807, 2.05) is 36.6 Å². The molecule has 0 saturated heterocycles. The standard InChI is InChI=1S/C16H19NO2S/c1-3-8-18-14-9-12(17)10-15(11-14)19-13-4-6-16(20-2)7-5-13/h4-7,9-11H,3,8,17H2,1-2H3. The number of benzene rings is 2. The molecule has 2 aromatic carbocycles. The van der Waals surface area contributed by atoms with Crippen LogP contribution in [0.2, 0.25) is 0 Å². The lowest BCUT2D eigenvalue weighted by Gasteiger charge is -2.10. The Hall–Kier alpha value is -1.81. The highest BCUT2D eigenvalue weighted by Crippen LogP contribution is 2.29. The summed E-state index contributed by atoms with van der Waals surface area (Å²) in [4.78, 5) is 1.21. The summed E-state index contributed by atoms with van der Waals surface area (Å²) in [6.07, 6.45) is 3.01. The van der Waals surface area contributed by atoms with Crippen LogP contribution in [0.15, 0.2) is 47.4 Å². The summed E-state index contributed by atoms with van der Waals surface area (Å²) in [7, 11) is 0. The Morgan fingerprint density at radius 1 is 1.00 bits per heavy atom. The molecule has 0 fully saturated rings. The lowest BCUT2D eigenvalue weighted by Crippen LogP contribution is -1.97. The summed E-state index contributed by atoms with van der Waals surface area (Å²) in [6.45, 7) is 2.74. The Bertz CT molecular complexity index is 555. The van der Waals surface area contributed by atoms with Crippen molar-refractivity contribution < 1.29 is 9.47 Å². The summed E-state index contributed by atoms with van der Waals surface area (Å²) in [6, 6.07) is 13.4. The van der Waals surface area contributed by atoms with Crippen molar-refractivity contribution in [2.75, 3.05) is 18.6 Å². The minimum absolute atomic E-state index is 0.634. The van der Waals surface area contributed by atoms with E-state index in [-0.39, 0.29) is 0 Å². The van der Waals surface area contributed by atoms with E-state index in [1.54, 1.807) is 23.9 Å². The van der Waals surface area contributed by atoms with E-state index in [1.165, 1.54) is 4.90 Å². The molecule has 3 nitrogen and oxygen atoms in total. The third-order valence-corrected chi connectivity index (χ3v) is 3.41. The fourth-order valence-corrected chi connectivity index (χ4v) is 2.14. The highest BCUT2D eigenvalue weighted by Gasteiger charge is 2.03. The van der Waals surface area contributed by atoms with Gasteiger partial charge >= 0.3 is 0 Å². The fraction of sp³-hybridized carbons (Fsp3) is 0.250. The van der Waals surface area contributed by atoms with Crippen LogP contribution < -0.4 is 15.2 Å². The van der Waals surface area contributed by atoms with Gasteiger partial charge in [0.2, 0.25) is 0 Å². The summed E-state index contributed by atoms with van der Waals surface area (Å²) in [5, 5.41) is 0. The van der Waals surface area contributed by atoms with Crippen LogP contribution in [0, 0.1) is 0 Å². The molecule has 2 rings (SSSR count). The summed E-state index contributed by atoms with van der Waals surface area (Å²) in [5.41, 5.74) is 6.50. The van der Waals surface area contributed by atoms with Gasteiger partial charge in [-0.2, -0.15) is 0 Å². The fourth-order valence-electron chi connectivity index (χ4n) is 1.74. The van der Waals surface area contributed by atoms with Gasteiger partial charge in [0.05, 0.1) is 6.61 Å². The van der Waals surface area contributed by atoms with Crippen LogP contribution in [0.5, 0.6) is 17.2 Å². The number of hydrogen-bond donors (Lipinski definition) is 1. The Morgan fingerprint density at radius 2 is 1.70 bits per heavy atom. The third kappa shape index (κ3) is 4.10. The first-order valence-electron chi connectivity index (χ1n) is 6.56. The summed E-state index contributed by atoms with van der Waals surface area (Å²) in [5.74, 6) is 2.21. The SMILES string of the molecule is CCCOc1cc(N)cc(Oc2ccc(SC)cc2)c1. The average Bonchev–Trinajstić information content (AvgIpc) is 2.45. The molecule has 0 aliphatic heterocycles. The second kappa shape index (κ2) is 7.10. The van der Waals surface area contributed by atoms with Crippen LogP contribution >= 0.6 is 11.8 Å². The quantitative estimate of drug-likeness (QED) is 0.625. The molecule has 0 saturated carbocycles. The Kier molecular flexibility index (Phi) is 5.18. The van der Waals surface area contributed by atoms with Gasteiger partial charge in [-0.25, -0.2) is 0 Å². The lowest BCUT2D eigenvalue weighted by atomic mass is 10.3. The van der Waals surface area contributed by atoms with Crippen LogP contribution in [-0.4, -0.2) is 12.9 Å². The number of hydrogen-bond acceptors (Lipinski definition) is 4. The van der Waals surface area contributed by atoms with Gasteiger partial charge in [-0.1, -0.05) is 6.92 Å². The van der Waals surface area contributed by atoms with Crippen molar-refractivity contribution in [2.24, 2.45) is 0 Å². The molecule has 106 valence electrons. The Balaban J connectivity index is 2.12. The minimum atomic E-state index is 0.634. The molecule has 2 aromatic rings. The van der Waals surface area contributed by atoms with E-state index in [0.717, 1.165) is 17.9 Å². The lowest BCUT2D eigenvalue weighted by molar-refractivity contribution is 0.316. The van der Waals surface area contributed by atoms with Crippen molar-refractivity contribution in [3.8, 4) is 17.2 Å². The van der Waals surface area contributed by atoms with E-state index in [4.69, 9.17) is 15.2 Å². The van der Waals surface area contributed by atoms with Crippen molar-refractivity contribution in [2.45, 2.75) is 18.2 Å². The predicted octanol–water partition coefficient (Wildman–Crippen LogP) is 4.57. The number of anilines is 1. The minimum Gasteiger partial charge on any atom is -0.493 e. The smallest absolute Gasteiger partial charge is 0.133 e. The molecule has 0 radical (unpaired) electrons. The molecular weight excluding hydrogens is 270 g/mol. The first-order valence-corrected chi connectivity index (χ1v) is 7.79. The highest BCUT2D eigenvalue weighted by molar-refractivity contribution is 7.98. The second-order valence-electron chi connectivity index (χ2n) is 4.36. The zero-order chi connectivity index (χ0) is 14.4. The second-order valence-corrected chi connectivity index (χ2v) is 5.24. The van der Waals surface area contributed by atoms with Crippen molar-refractivity contribution in [3.05, 3.63) is 42.5 Å². The van der Waals surface area contributed by atoms with E-state index in [9.17, 15) is 0 Å². The molecule has 0 heterocycles. The number of nitrogen functional groups attached to an aromatic ring is 1. The van der Waals surface area contributed by atoms with Crippen molar-refractivity contribution in [1.29, 1.82) is 0 Å². The number of thioether (sulfide) groups is 1. The van der Waals surface area contributed by atoms with Crippen molar-refractivity contribution in [3.63, 3.8) is 0 Å². The maximum absolute atomic E-state index is 5.87. The maximum atomic E-state index is 5.87. The molecule has 0 amide bonds. The third-order valence-electron chi connectivity index (χ3n) is 2.67. The van der Waals surface area contributed by atoms with Gasteiger partial charge in [-0.3, -0.25) is 0 Å². The average molecular weight is 289 g/mol. The molecule has 2 N–H and O–H groups in total. The molecule has 4 heteroatoms. The Labute approximate surface area is 124 Å². The van der Waals surface area contributed by atoms with Gasteiger partial charge in [0.1, 0.15) is 17.2 Å². The predicted molar refractivity (Wildman–Crippen MR) is 84.9 cm³/mol. The monoisotopic (exact) mass is 289 g/mol. The maximum Gasteiger partial charge on any atom is 0.133 e. The molecular formula is C16H19NO2S. The van der Waals surface area contributed by atoms with E-state index >= 15 is 0 Å². The zero-order valence-corrected chi connectivity index (χ0v) is 12.6. The largest absolute Gasteiger partial charge is 0.493 e. The first kappa shape index (κ1) is 14.6.